The second-order valence-corrected chi connectivity index (χ2v) is 4.23. The molecular formula is C12H14N2O7. The second kappa shape index (κ2) is 7.62. The normalized spacial score (nSPS) is 30.6. The van der Waals surface area contributed by atoms with Gasteiger partial charge in [0, 0.05) is 6.42 Å². The summed E-state index contributed by atoms with van der Waals surface area (Å²) in [5, 5.41) is 28.6. The van der Waals surface area contributed by atoms with Crippen LogP contribution in [-0.4, -0.2) is 82.3 Å². The van der Waals surface area contributed by atoms with Gasteiger partial charge in [-0.05, 0) is 0 Å². The van der Waals surface area contributed by atoms with Crippen LogP contribution in [0.15, 0.2) is 9.98 Å². The summed E-state index contributed by atoms with van der Waals surface area (Å²) in [6.45, 7) is -1.15. The van der Waals surface area contributed by atoms with Crippen molar-refractivity contribution in [2.24, 2.45) is 9.98 Å². The van der Waals surface area contributed by atoms with Crippen LogP contribution in [0.1, 0.15) is 6.42 Å². The summed E-state index contributed by atoms with van der Waals surface area (Å²) in [5.74, 6) is -2.45. The van der Waals surface area contributed by atoms with Gasteiger partial charge in [0.1, 0.15) is 18.5 Å². The van der Waals surface area contributed by atoms with Crippen molar-refractivity contribution in [3.8, 4) is 0 Å². The summed E-state index contributed by atoms with van der Waals surface area (Å²) in [7, 11) is 0. The molecule has 0 aromatic heterocycles. The number of aliphatic hydroxyl groups excluding tert-OH is 3. The minimum atomic E-state index is -1.81. The van der Waals surface area contributed by atoms with Crippen LogP contribution in [0.4, 0.5) is 0 Å². The first-order valence-electron chi connectivity index (χ1n) is 6.01. The van der Waals surface area contributed by atoms with Gasteiger partial charge in [-0.25, -0.2) is 0 Å². The molecule has 1 aliphatic heterocycles. The lowest BCUT2D eigenvalue weighted by atomic mass is 10.0. The average Bonchev–Trinajstić information content (AvgIpc) is 2.49. The zero-order valence-electron chi connectivity index (χ0n) is 10.9. The molecule has 0 aromatic rings. The van der Waals surface area contributed by atoms with E-state index in [1.807, 2.05) is 0 Å². The Morgan fingerprint density at radius 3 is 2.10 bits per heavy atom. The van der Waals surface area contributed by atoms with Crippen molar-refractivity contribution >= 4 is 35.6 Å². The molecule has 9 nitrogen and oxygen atoms in total. The molecule has 114 valence electrons. The Hall–Kier alpha value is -2.10. The van der Waals surface area contributed by atoms with Crippen LogP contribution >= 0.6 is 0 Å². The number of carbonyl (C=O) groups excluding carboxylic acids is 4. The van der Waals surface area contributed by atoms with E-state index in [2.05, 4.69) is 9.98 Å². The van der Waals surface area contributed by atoms with Crippen molar-refractivity contribution in [3.05, 3.63) is 0 Å². The molecule has 0 radical (unpaired) electrons. The van der Waals surface area contributed by atoms with Crippen molar-refractivity contribution in [1.29, 1.82) is 0 Å². The maximum Gasteiger partial charge on any atom is 0.231 e. The molecule has 0 aliphatic carbocycles. The maximum atomic E-state index is 11.5. The molecular weight excluding hydrogens is 284 g/mol. The van der Waals surface area contributed by atoms with E-state index in [0.29, 0.717) is 6.29 Å². The first kappa shape index (κ1) is 17.0. The number of rotatable bonds is 4. The van der Waals surface area contributed by atoms with Gasteiger partial charge in [0.25, 0.3) is 0 Å². The lowest BCUT2D eigenvalue weighted by molar-refractivity contribution is -0.145. The van der Waals surface area contributed by atoms with Gasteiger partial charge in [0.15, 0.2) is 12.4 Å². The number of aldehydes is 2. The van der Waals surface area contributed by atoms with Crippen LogP contribution in [0.2, 0.25) is 0 Å². The Balaban J connectivity index is 3.25. The highest BCUT2D eigenvalue weighted by atomic mass is 16.3. The average molecular weight is 298 g/mol. The fraction of sp³-hybridized carbons (Fsp3) is 0.500. The van der Waals surface area contributed by atoms with Gasteiger partial charge in [0.05, 0.1) is 24.5 Å². The Morgan fingerprint density at radius 1 is 1.10 bits per heavy atom. The highest BCUT2D eigenvalue weighted by Gasteiger charge is 2.30. The van der Waals surface area contributed by atoms with E-state index in [1.54, 1.807) is 0 Å². The Bertz CT molecular complexity index is 512. The summed E-state index contributed by atoms with van der Waals surface area (Å²) in [5.41, 5.74) is -0.386. The lowest BCUT2D eigenvalue weighted by Gasteiger charge is -2.16. The summed E-state index contributed by atoms with van der Waals surface area (Å²) < 4.78 is 0. The van der Waals surface area contributed by atoms with Gasteiger partial charge in [-0.3, -0.25) is 19.6 Å². The third-order valence-corrected chi connectivity index (χ3v) is 2.72. The number of hydrogen-bond donors (Lipinski definition) is 3. The topological polar surface area (TPSA) is 154 Å². The van der Waals surface area contributed by atoms with E-state index in [9.17, 15) is 34.5 Å². The Kier molecular flexibility index (Phi) is 6.15. The predicted octanol–water partition coefficient (Wildman–Crippen LogP) is -3.11. The van der Waals surface area contributed by atoms with E-state index < -0.39 is 43.0 Å². The largest absolute Gasteiger partial charge is 0.383 e. The molecule has 9 heteroatoms. The summed E-state index contributed by atoms with van der Waals surface area (Å²) in [6.07, 6.45) is -5.01. The molecule has 21 heavy (non-hydrogen) atoms. The molecule has 0 aromatic carbocycles. The number of carbonyl (C=O) groups is 4. The van der Waals surface area contributed by atoms with Crippen molar-refractivity contribution in [3.63, 3.8) is 0 Å². The van der Waals surface area contributed by atoms with E-state index in [-0.39, 0.29) is 24.1 Å². The molecule has 3 N–H and O–H groups in total. The summed E-state index contributed by atoms with van der Waals surface area (Å²) in [4.78, 5) is 51.6. The Morgan fingerprint density at radius 2 is 1.62 bits per heavy atom. The fourth-order valence-electron chi connectivity index (χ4n) is 1.62. The molecule has 3 atom stereocenters. The number of aliphatic imine (C=N–C) groups is 2. The zero-order chi connectivity index (χ0) is 16.0. The third-order valence-electron chi connectivity index (χ3n) is 2.72. The second-order valence-electron chi connectivity index (χ2n) is 4.23. The van der Waals surface area contributed by atoms with E-state index in [4.69, 9.17) is 0 Å². The fourth-order valence-corrected chi connectivity index (χ4v) is 1.62. The number of nitrogens with zero attached hydrogens (tertiary/aromatic N) is 2. The van der Waals surface area contributed by atoms with E-state index in [1.165, 1.54) is 0 Å². The quantitative estimate of drug-likeness (QED) is 0.366. The molecule has 0 saturated heterocycles. The minimum Gasteiger partial charge on any atom is -0.383 e. The minimum absolute atomic E-state index is 0.0991. The number of hydrogen-bond acceptors (Lipinski definition) is 9. The maximum absolute atomic E-state index is 11.5. The van der Waals surface area contributed by atoms with Gasteiger partial charge in [0.2, 0.25) is 11.6 Å². The van der Waals surface area contributed by atoms with E-state index in [0.717, 1.165) is 0 Å². The van der Waals surface area contributed by atoms with Crippen LogP contribution in [0.5, 0.6) is 0 Å². The van der Waals surface area contributed by atoms with Crippen LogP contribution in [0.25, 0.3) is 0 Å². The van der Waals surface area contributed by atoms with Gasteiger partial charge in [-0.2, -0.15) is 0 Å². The molecule has 0 amide bonds. The monoisotopic (exact) mass is 298 g/mol. The SMILES string of the molecule is O=CCC1=N/CC(O)C(=O)C(=O)C(O)C/N=C\1C(O)C=O. The molecule has 3 unspecified atom stereocenters. The number of aliphatic hydroxyl groups is 3. The van der Waals surface area contributed by atoms with E-state index >= 15 is 0 Å². The number of ketones is 2. The van der Waals surface area contributed by atoms with Crippen molar-refractivity contribution < 1.29 is 34.5 Å². The molecule has 0 saturated carbocycles. The highest BCUT2D eigenvalue weighted by Crippen LogP contribution is 2.04. The molecule has 1 rings (SSSR count). The molecule has 1 aliphatic rings. The highest BCUT2D eigenvalue weighted by molar-refractivity contribution is 6.48. The first-order chi connectivity index (χ1) is 9.92. The van der Waals surface area contributed by atoms with Crippen molar-refractivity contribution in [2.75, 3.05) is 13.1 Å². The van der Waals surface area contributed by atoms with Crippen LogP contribution in [0.3, 0.4) is 0 Å². The summed E-state index contributed by atoms with van der Waals surface area (Å²) >= 11 is 0. The molecule has 1 heterocycles. The first-order valence-corrected chi connectivity index (χ1v) is 6.01. The smallest absolute Gasteiger partial charge is 0.231 e. The van der Waals surface area contributed by atoms with Crippen LogP contribution < -0.4 is 0 Å². The Labute approximate surface area is 119 Å². The molecule has 0 bridgehead atoms. The predicted molar refractivity (Wildman–Crippen MR) is 69.4 cm³/mol. The van der Waals surface area contributed by atoms with Gasteiger partial charge in [-0.1, -0.05) is 0 Å². The van der Waals surface area contributed by atoms with Gasteiger partial charge in [-0.15, -0.1) is 0 Å². The summed E-state index contributed by atoms with van der Waals surface area (Å²) in [6, 6.07) is 0. The molecule has 0 fully saturated rings. The third kappa shape index (κ3) is 4.18. The molecule has 0 spiro atoms. The number of Topliss-reactive ketones (excluding diaryl/α,β-unsaturated/α-hetero) is 2. The van der Waals surface area contributed by atoms with Gasteiger partial charge >= 0.3 is 0 Å². The van der Waals surface area contributed by atoms with Crippen molar-refractivity contribution in [1.82, 2.24) is 0 Å². The van der Waals surface area contributed by atoms with Gasteiger partial charge < -0.3 is 24.9 Å². The van der Waals surface area contributed by atoms with Crippen molar-refractivity contribution in [2.45, 2.75) is 24.7 Å². The van der Waals surface area contributed by atoms with Crippen LogP contribution in [-0.2, 0) is 19.2 Å². The zero-order valence-corrected chi connectivity index (χ0v) is 10.9. The van der Waals surface area contributed by atoms with Crippen LogP contribution in [0, 0.1) is 0 Å². The standard InChI is InChI=1S/C12H14N2O7/c15-2-1-6-10(9(19)5-16)14-4-8(18)12(21)11(20)7(17)3-13-6/h2,5,7-9,17-19H,1,3-4H2/b13-6-,14-10+. The lowest BCUT2D eigenvalue weighted by Crippen LogP contribution is -2.41.